The van der Waals surface area contributed by atoms with Crippen LogP contribution in [0, 0.1) is 0 Å². The number of hydrogen-bond donors (Lipinski definition) is 1. The van der Waals surface area contributed by atoms with Crippen LogP contribution in [0.25, 0.3) is 10.3 Å². The number of nitrogens with zero attached hydrogens (tertiary/aromatic N) is 4. The maximum absolute atomic E-state index is 12.3. The molecule has 3 aromatic rings. The molecule has 0 saturated heterocycles. The van der Waals surface area contributed by atoms with Gasteiger partial charge in [0.2, 0.25) is 5.91 Å². The van der Waals surface area contributed by atoms with Crippen molar-refractivity contribution in [3.63, 3.8) is 0 Å². The quantitative estimate of drug-likeness (QED) is 0.449. The number of thiazole rings is 1. The van der Waals surface area contributed by atoms with Crippen molar-refractivity contribution >= 4 is 44.5 Å². The van der Waals surface area contributed by atoms with E-state index in [0.29, 0.717) is 17.4 Å². The van der Waals surface area contributed by atoms with Crippen LogP contribution in [-0.4, -0.2) is 39.7 Å². The summed E-state index contributed by atoms with van der Waals surface area (Å²) in [6.45, 7) is 0.778. The second kappa shape index (κ2) is 9.54. The van der Waals surface area contributed by atoms with E-state index >= 15 is 0 Å². The number of amides is 1. The number of aromatic nitrogens is 3. The second-order valence-electron chi connectivity index (χ2n) is 7.36. The molecule has 0 aliphatic heterocycles. The molecule has 152 valence electrons. The minimum absolute atomic E-state index is 0.0830. The minimum atomic E-state index is 0.0830. The highest BCUT2D eigenvalue weighted by molar-refractivity contribution is 8.00. The second-order valence-corrected chi connectivity index (χ2v) is 9.30. The van der Waals surface area contributed by atoms with Gasteiger partial charge in [-0.05, 0) is 18.4 Å². The monoisotopic (exact) mass is 427 g/mol. The molecule has 0 atom stereocenters. The first-order valence-corrected chi connectivity index (χ1v) is 11.8. The molecule has 0 radical (unpaired) electrons. The molecule has 1 fully saturated rings. The van der Waals surface area contributed by atoms with Gasteiger partial charge in [-0.25, -0.2) is 9.97 Å². The molecule has 1 saturated carbocycles. The Morgan fingerprint density at radius 1 is 1.21 bits per heavy atom. The molecule has 8 heteroatoms. The molecule has 0 unspecified atom stereocenters. The van der Waals surface area contributed by atoms with Crippen molar-refractivity contribution in [1.82, 2.24) is 20.3 Å². The minimum Gasteiger partial charge on any atom is -0.353 e. The molecule has 2 heterocycles. The number of carbonyl (C=O) groups excluding carboxylic acids is 1. The highest BCUT2D eigenvalue weighted by Crippen LogP contribution is 2.33. The van der Waals surface area contributed by atoms with Crippen molar-refractivity contribution in [1.29, 1.82) is 0 Å². The standard InChI is InChI=1S/C21H25N5OS2/c1-26(12-15-8-4-2-5-9-15)21-25-19-18(29-21)20(23-14-22-19)28-13-17(27)24-16-10-6-3-7-11-16/h2,4-5,8-9,14,16H,3,6-7,10-13H2,1H3,(H,24,27). The summed E-state index contributed by atoms with van der Waals surface area (Å²) < 4.78 is 0.942. The third-order valence-electron chi connectivity index (χ3n) is 5.05. The molecule has 1 amide bonds. The molecule has 1 N–H and O–H groups in total. The summed E-state index contributed by atoms with van der Waals surface area (Å²) in [7, 11) is 2.03. The lowest BCUT2D eigenvalue weighted by atomic mass is 9.95. The predicted octanol–water partition coefficient (Wildman–Crippen LogP) is 4.26. The van der Waals surface area contributed by atoms with Gasteiger partial charge >= 0.3 is 0 Å². The van der Waals surface area contributed by atoms with E-state index in [4.69, 9.17) is 0 Å². The third kappa shape index (κ3) is 5.25. The summed E-state index contributed by atoms with van der Waals surface area (Å²) in [5, 5.41) is 4.89. The number of thioether (sulfide) groups is 1. The van der Waals surface area contributed by atoms with E-state index in [0.717, 1.165) is 34.2 Å². The Balaban J connectivity index is 1.41. The SMILES string of the molecule is CN(Cc1ccccc1)c1nc2ncnc(SCC(=O)NC3CCCCC3)c2s1. The van der Waals surface area contributed by atoms with Crippen molar-refractivity contribution < 1.29 is 4.79 Å². The van der Waals surface area contributed by atoms with Crippen LogP contribution in [0.3, 0.4) is 0 Å². The first kappa shape index (κ1) is 20.1. The van der Waals surface area contributed by atoms with E-state index in [2.05, 4.69) is 37.3 Å². The lowest BCUT2D eigenvalue weighted by molar-refractivity contribution is -0.119. The molecule has 0 bridgehead atoms. The molecule has 0 spiro atoms. The average molecular weight is 428 g/mol. The zero-order chi connectivity index (χ0) is 20.1. The topological polar surface area (TPSA) is 71.0 Å². The molecule has 1 aromatic carbocycles. The number of anilines is 1. The first-order valence-electron chi connectivity index (χ1n) is 9.98. The predicted molar refractivity (Wildman–Crippen MR) is 119 cm³/mol. The highest BCUT2D eigenvalue weighted by atomic mass is 32.2. The Hall–Kier alpha value is -2.19. The number of hydrogen-bond acceptors (Lipinski definition) is 7. The Morgan fingerprint density at radius 3 is 2.79 bits per heavy atom. The molecular weight excluding hydrogens is 402 g/mol. The molecular formula is C21H25N5OS2. The van der Waals surface area contributed by atoms with E-state index in [9.17, 15) is 4.79 Å². The van der Waals surface area contributed by atoms with Gasteiger partial charge in [0.1, 0.15) is 16.1 Å². The van der Waals surface area contributed by atoms with Crippen LogP contribution in [0.1, 0.15) is 37.7 Å². The summed E-state index contributed by atoms with van der Waals surface area (Å²) in [6, 6.07) is 10.7. The van der Waals surface area contributed by atoms with Crippen LogP contribution in [0.4, 0.5) is 5.13 Å². The highest BCUT2D eigenvalue weighted by Gasteiger charge is 2.18. The van der Waals surface area contributed by atoms with Crippen LogP contribution in [0.15, 0.2) is 41.7 Å². The van der Waals surface area contributed by atoms with E-state index in [-0.39, 0.29) is 5.91 Å². The number of rotatable bonds is 7. The number of benzene rings is 1. The summed E-state index contributed by atoms with van der Waals surface area (Å²) in [5.41, 5.74) is 1.92. The Kier molecular flexibility index (Phi) is 6.61. The molecule has 1 aliphatic rings. The molecule has 29 heavy (non-hydrogen) atoms. The van der Waals surface area contributed by atoms with Gasteiger partial charge in [0.15, 0.2) is 10.8 Å². The van der Waals surface area contributed by atoms with E-state index in [1.54, 1.807) is 11.3 Å². The van der Waals surface area contributed by atoms with Crippen molar-refractivity contribution in [2.75, 3.05) is 17.7 Å². The van der Waals surface area contributed by atoms with Crippen LogP contribution in [0.2, 0.25) is 0 Å². The van der Waals surface area contributed by atoms with Crippen molar-refractivity contribution in [2.24, 2.45) is 0 Å². The Bertz CT molecular complexity index is 956. The van der Waals surface area contributed by atoms with Gasteiger partial charge in [-0.1, -0.05) is 72.7 Å². The van der Waals surface area contributed by atoms with Gasteiger partial charge in [-0.15, -0.1) is 0 Å². The number of fused-ring (bicyclic) bond motifs is 1. The normalized spacial score (nSPS) is 14.8. The van der Waals surface area contributed by atoms with Gasteiger partial charge in [0, 0.05) is 19.6 Å². The van der Waals surface area contributed by atoms with Crippen LogP contribution in [0.5, 0.6) is 0 Å². The average Bonchev–Trinajstić information content (AvgIpc) is 3.19. The fourth-order valence-electron chi connectivity index (χ4n) is 3.56. The lowest BCUT2D eigenvalue weighted by Gasteiger charge is -2.22. The van der Waals surface area contributed by atoms with E-state index in [1.165, 1.54) is 42.9 Å². The van der Waals surface area contributed by atoms with Crippen LogP contribution >= 0.6 is 23.1 Å². The largest absolute Gasteiger partial charge is 0.353 e. The number of carbonyl (C=O) groups is 1. The van der Waals surface area contributed by atoms with Crippen LogP contribution in [-0.2, 0) is 11.3 Å². The van der Waals surface area contributed by atoms with E-state index < -0.39 is 0 Å². The molecule has 2 aromatic heterocycles. The maximum atomic E-state index is 12.3. The fourth-order valence-corrected chi connectivity index (χ4v) is 5.43. The Morgan fingerprint density at radius 2 is 2.00 bits per heavy atom. The lowest BCUT2D eigenvalue weighted by Crippen LogP contribution is -2.37. The summed E-state index contributed by atoms with van der Waals surface area (Å²) in [6.07, 6.45) is 7.44. The molecule has 4 rings (SSSR count). The summed E-state index contributed by atoms with van der Waals surface area (Å²) in [4.78, 5) is 27.9. The smallest absolute Gasteiger partial charge is 0.230 e. The van der Waals surface area contributed by atoms with Crippen molar-refractivity contribution in [3.8, 4) is 0 Å². The van der Waals surface area contributed by atoms with Gasteiger partial charge in [-0.3, -0.25) is 4.79 Å². The molecule has 1 aliphatic carbocycles. The zero-order valence-electron chi connectivity index (χ0n) is 16.5. The van der Waals surface area contributed by atoms with Crippen LogP contribution < -0.4 is 10.2 Å². The zero-order valence-corrected chi connectivity index (χ0v) is 18.1. The van der Waals surface area contributed by atoms with Gasteiger partial charge in [0.25, 0.3) is 0 Å². The van der Waals surface area contributed by atoms with Gasteiger partial charge < -0.3 is 10.2 Å². The van der Waals surface area contributed by atoms with Crippen molar-refractivity contribution in [3.05, 3.63) is 42.2 Å². The fraction of sp³-hybridized carbons (Fsp3) is 0.429. The Labute approximate surface area is 179 Å². The van der Waals surface area contributed by atoms with Gasteiger partial charge in [0.05, 0.1) is 5.75 Å². The van der Waals surface area contributed by atoms with E-state index in [1.807, 2.05) is 25.2 Å². The third-order valence-corrected chi connectivity index (χ3v) is 7.33. The summed E-state index contributed by atoms with van der Waals surface area (Å²) >= 11 is 3.04. The first-order chi connectivity index (χ1) is 14.2. The molecule has 6 nitrogen and oxygen atoms in total. The van der Waals surface area contributed by atoms with Gasteiger partial charge in [-0.2, -0.15) is 4.98 Å². The number of nitrogens with one attached hydrogen (secondary N) is 1. The summed E-state index contributed by atoms with van der Waals surface area (Å²) in [5.74, 6) is 0.454. The maximum Gasteiger partial charge on any atom is 0.230 e. The van der Waals surface area contributed by atoms with Crippen molar-refractivity contribution in [2.45, 2.75) is 49.7 Å².